The highest BCUT2D eigenvalue weighted by molar-refractivity contribution is 6.25. The molecule has 0 saturated carbocycles. The summed E-state index contributed by atoms with van der Waals surface area (Å²) in [5.41, 5.74) is 3.60. The molecule has 9 heteroatoms. The minimum atomic E-state index is -2.19. The lowest BCUT2D eigenvalue weighted by Crippen LogP contribution is -2.42. The van der Waals surface area contributed by atoms with Gasteiger partial charge in [-0.2, -0.15) is 4.57 Å². The van der Waals surface area contributed by atoms with Crippen LogP contribution in [0.4, 0.5) is 0 Å². The molecule has 0 spiro atoms. The summed E-state index contributed by atoms with van der Waals surface area (Å²) in [6.45, 7) is 0.897. The van der Waals surface area contributed by atoms with Crippen LogP contribution in [0.5, 0.6) is 23.0 Å². The zero-order valence-corrected chi connectivity index (χ0v) is 18.1. The van der Waals surface area contributed by atoms with Gasteiger partial charge in [0, 0.05) is 12.5 Å². The van der Waals surface area contributed by atoms with Crippen LogP contribution >= 0.6 is 0 Å². The molecule has 0 fully saturated rings. The molecule has 2 aromatic carbocycles. The Morgan fingerprint density at radius 2 is 1.50 bits per heavy atom. The Morgan fingerprint density at radius 1 is 0.875 bits per heavy atom. The maximum atomic E-state index is 8.93. The third kappa shape index (κ3) is 4.22. The average Bonchev–Trinajstić information content (AvgIpc) is 2.81. The van der Waals surface area contributed by atoms with Gasteiger partial charge in [-0.05, 0) is 35.2 Å². The summed E-state index contributed by atoms with van der Waals surface area (Å²) < 4.78 is 24.3. The Morgan fingerprint density at radius 3 is 2.06 bits per heavy atom. The number of fused-ring (bicyclic) bond motifs is 4. The van der Waals surface area contributed by atoms with Gasteiger partial charge < -0.3 is 38.7 Å². The molecule has 0 unspecified atom stereocenters. The van der Waals surface area contributed by atoms with E-state index >= 15 is 0 Å². The van der Waals surface area contributed by atoms with Crippen LogP contribution < -0.4 is 33.7 Å². The first kappa shape index (κ1) is 22.7. The van der Waals surface area contributed by atoms with Crippen LogP contribution in [0.1, 0.15) is 6.99 Å². The molecule has 0 aliphatic carbocycles. The zero-order chi connectivity index (χ0) is 23.4. The predicted octanol–water partition coefficient (Wildman–Crippen LogP) is -0.0165. The standard InChI is InChI=1S/C21H22NO4.C2H2O4/c1-23-18-6-5-13-9-17-15-11-20(25-3)19(24-2)10-14(15)7-8-22(17)12-16(13)21(18)26-4;3-1(4)2(5)6/h5-6,9-12H,7-8H2,1-4H3;(H,3,4)(H,5,6)/q+1;/p-1. The van der Waals surface area contributed by atoms with Crippen LogP contribution in [-0.2, 0) is 22.6 Å². The van der Waals surface area contributed by atoms with Crippen molar-refractivity contribution in [3.8, 4) is 34.3 Å². The summed E-state index contributed by atoms with van der Waals surface area (Å²) in [4.78, 5) is 17.9. The van der Waals surface area contributed by atoms with Gasteiger partial charge in [-0.15, -0.1) is 0 Å². The van der Waals surface area contributed by atoms with Gasteiger partial charge in [0.25, 0.3) is 0 Å². The molecule has 0 bridgehead atoms. The fourth-order valence-corrected chi connectivity index (χ4v) is 3.71. The number of aromatic nitrogens is 1. The van der Waals surface area contributed by atoms with Crippen molar-refractivity contribution in [1.29, 1.82) is 0 Å². The fraction of sp³-hybridized carbons (Fsp3) is 0.261. The van der Waals surface area contributed by atoms with Gasteiger partial charge in [0.05, 0.1) is 51.3 Å². The summed E-state index contributed by atoms with van der Waals surface area (Å²) >= 11 is 0. The smallest absolute Gasteiger partial charge is 0.543 e. The quantitative estimate of drug-likeness (QED) is 0.409. The Bertz CT molecular complexity index is 1180. The second-order valence-electron chi connectivity index (χ2n) is 6.85. The second-order valence-corrected chi connectivity index (χ2v) is 6.85. The number of carbonyl (C=O) groups excluding carboxylic acids is 2. The minimum absolute atomic E-state index is 0. The van der Waals surface area contributed by atoms with Crippen molar-refractivity contribution in [3.63, 3.8) is 0 Å². The summed E-state index contributed by atoms with van der Waals surface area (Å²) in [7, 11) is 6.67. The Kier molecular flexibility index (Phi) is 6.67. The molecule has 2 heterocycles. The van der Waals surface area contributed by atoms with E-state index in [0.29, 0.717) is 0 Å². The molecule has 3 aromatic rings. The lowest BCUT2D eigenvalue weighted by molar-refractivity contribution is -0.686. The largest absolute Gasteiger partial charge is 1.00 e. The van der Waals surface area contributed by atoms with Crippen LogP contribution in [0, 0.1) is 0 Å². The first-order valence-electron chi connectivity index (χ1n) is 9.60. The number of carboxylic acids is 2. The molecule has 1 aromatic heterocycles. The highest BCUT2D eigenvalue weighted by Gasteiger charge is 2.27. The third-order valence-corrected chi connectivity index (χ3v) is 5.18. The van der Waals surface area contributed by atoms with Crippen molar-refractivity contribution >= 4 is 22.7 Å². The Balaban J connectivity index is 0.000000491. The molecule has 0 atom stereocenters. The van der Waals surface area contributed by atoms with Gasteiger partial charge in [-0.3, -0.25) is 0 Å². The summed E-state index contributed by atoms with van der Waals surface area (Å²) in [5, 5.41) is 20.0. The number of rotatable bonds is 4. The number of nitrogens with zero attached hydrogens (tertiary/aromatic N) is 1. The normalized spacial score (nSPS) is 11.4. The zero-order valence-electron chi connectivity index (χ0n) is 19.1. The number of methoxy groups -OCH3 is 4. The van der Waals surface area contributed by atoms with E-state index in [9.17, 15) is 0 Å². The number of hydrogen-bond acceptors (Lipinski definition) is 8. The van der Waals surface area contributed by atoms with Crippen molar-refractivity contribution in [2.45, 2.75) is 13.0 Å². The molecule has 1 aliphatic rings. The molecule has 0 N–H and O–H groups in total. The number of ether oxygens (including phenoxy) is 4. The first-order chi connectivity index (χ1) is 15.3. The van der Waals surface area contributed by atoms with E-state index in [0.717, 1.165) is 52.4 Å². The van der Waals surface area contributed by atoms with Gasteiger partial charge in [0.1, 0.15) is 0 Å². The summed E-state index contributed by atoms with van der Waals surface area (Å²) in [6, 6.07) is 10.3. The van der Waals surface area contributed by atoms with E-state index in [-0.39, 0.29) is 1.43 Å². The lowest BCUT2D eigenvalue weighted by atomic mass is 9.95. The van der Waals surface area contributed by atoms with Crippen molar-refractivity contribution in [2.24, 2.45) is 0 Å². The van der Waals surface area contributed by atoms with Crippen molar-refractivity contribution < 1.29 is 44.7 Å². The molecule has 0 radical (unpaired) electrons. The van der Waals surface area contributed by atoms with E-state index in [4.69, 9.17) is 38.7 Å². The van der Waals surface area contributed by atoms with Gasteiger partial charge in [0.2, 0.25) is 5.69 Å². The molecular weight excluding hydrogens is 418 g/mol. The third-order valence-electron chi connectivity index (χ3n) is 5.18. The number of aliphatic carboxylic acids is 2. The monoisotopic (exact) mass is 441 g/mol. The van der Waals surface area contributed by atoms with Crippen LogP contribution in [0.25, 0.3) is 22.0 Å². The molecule has 9 nitrogen and oxygen atoms in total. The van der Waals surface area contributed by atoms with Gasteiger partial charge in [-0.1, -0.05) is 0 Å². The summed E-state index contributed by atoms with van der Waals surface area (Å²) in [6.07, 6.45) is 3.08. The number of hydrogen-bond donors (Lipinski definition) is 0. The van der Waals surface area contributed by atoms with Crippen LogP contribution in [0.2, 0.25) is 0 Å². The minimum Gasteiger partial charge on any atom is -0.543 e. The molecular formula is C23H23NO8. The molecule has 32 heavy (non-hydrogen) atoms. The van der Waals surface area contributed by atoms with Crippen molar-refractivity contribution in [3.05, 3.63) is 42.1 Å². The Labute approximate surface area is 185 Å². The van der Waals surface area contributed by atoms with Crippen LogP contribution in [0.3, 0.4) is 0 Å². The van der Waals surface area contributed by atoms with E-state index in [2.05, 4.69) is 35.0 Å². The topological polar surface area (TPSA) is 121 Å². The second kappa shape index (κ2) is 9.42. The van der Waals surface area contributed by atoms with Gasteiger partial charge in [-0.25, -0.2) is 0 Å². The molecule has 4 rings (SSSR count). The summed E-state index contributed by atoms with van der Waals surface area (Å²) in [5.74, 6) is -1.36. The van der Waals surface area contributed by atoms with E-state index in [1.165, 1.54) is 11.1 Å². The SMILES string of the molecule is COc1cc2c(cc1OC)-c1cc3ccc(OC)c(OC)c3c[n+]1CC2.O=C([O-])C(=O)[O-].[H+]. The Hall–Kier alpha value is -4.01. The maximum absolute atomic E-state index is 8.93. The van der Waals surface area contributed by atoms with E-state index in [1.54, 1.807) is 28.4 Å². The highest BCUT2D eigenvalue weighted by Crippen LogP contribution is 2.39. The maximum Gasteiger partial charge on any atom is 1.00 e. The highest BCUT2D eigenvalue weighted by atomic mass is 16.5. The lowest BCUT2D eigenvalue weighted by Gasteiger charge is -2.19. The van der Waals surface area contributed by atoms with Crippen LogP contribution in [-0.4, -0.2) is 40.4 Å². The first-order valence-corrected chi connectivity index (χ1v) is 9.60. The number of pyridine rings is 1. The van der Waals surface area contributed by atoms with Crippen molar-refractivity contribution in [1.82, 2.24) is 0 Å². The van der Waals surface area contributed by atoms with Gasteiger partial charge >= 0.3 is 1.43 Å². The fourth-order valence-electron chi connectivity index (χ4n) is 3.71. The van der Waals surface area contributed by atoms with Crippen molar-refractivity contribution in [2.75, 3.05) is 28.4 Å². The average molecular weight is 441 g/mol. The molecule has 1 aliphatic heterocycles. The molecule has 0 saturated heterocycles. The van der Waals surface area contributed by atoms with E-state index < -0.39 is 11.9 Å². The number of carboxylic acid groups (broad SMARTS) is 2. The van der Waals surface area contributed by atoms with Gasteiger partial charge in [0.15, 0.2) is 35.7 Å². The predicted molar refractivity (Wildman–Crippen MR) is 111 cm³/mol. The molecule has 168 valence electrons. The number of carbonyl (C=O) groups is 2. The number of benzene rings is 2. The number of aryl methyl sites for hydroxylation is 2. The molecule has 0 amide bonds. The van der Waals surface area contributed by atoms with Crippen LogP contribution in [0.15, 0.2) is 36.5 Å². The van der Waals surface area contributed by atoms with E-state index in [1.807, 2.05) is 6.07 Å².